The maximum atomic E-state index is 9.45. The van der Waals surface area contributed by atoms with Crippen LogP contribution in [0, 0.1) is 12.0 Å². The Labute approximate surface area is 140 Å². The molecule has 0 spiro atoms. The van der Waals surface area contributed by atoms with E-state index in [4.69, 9.17) is 4.43 Å². The lowest BCUT2D eigenvalue weighted by Gasteiger charge is -2.40. The summed E-state index contributed by atoms with van der Waals surface area (Å²) in [6.07, 6.45) is 2.09. The molecule has 0 bridgehead atoms. The number of aliphatic hydroxyl groups is 1. The van der Waals surface area contributed by atoms with E-state index >= 15 is 0 Å². The lowest BCUT2D eigenvalue weighted by Crippen LogP contribution is -2.65. The van der Waals surface area contributed by atoms with Gasteiger partial charge in [-0.25, -0.2) is 0 Å². The standard InChI is InChI=1S/C20H24O2Si/c1-17(21)15-16-22-23(20(2,3)4,18-11-7-5-8-12-18)19-13-9-6-10-14-19/h5-14,17,21H,1-4H3/t17-/m0/s1. The van der Waals surface area contributed by atoms with Gasteiger partial charge in [-0.1, -0.05) is 81.4 Å². The molecule has 3 heteroatoms. The predicted molar refractivity (Wildman–Crippen MR) is 98.2 cm³/mol. The number of hydrogen-bond acceptors (Lipinski definition) is 2. The van der Waals surface area contributed by atoms with E-state index in [2.05, 4.69) is 57.1 Å². The van der Waals surface area contributed by atoms with Crippen LogP contribution in [0.5, 0.6) is 0 Å². The average molecular weight is 324 g/mol. The first-order chi connectivity index (χ1) is 10.9. The fourth-order valence-electron chi connectivity index (χ4n) is 2.84. The SMILES string of the molecule is C[C@H](O)C#CO[Si](c1ccccc1)(c1ccccc1)C(C)(C)C. The highest BCUT2D eigenvalue weighted by Gasteiger charge is 2.52. The summed E-state index contributed by atoms with van der Waals surface area (Å²) in [7, 11) is -2.60. The molecule has 23 heavy (non-hydrogen) atoms. The quantitative estimate of drug-likeness (QED) is 0.695. The van der Waals surface area contributed by atoms with Crippen molar-refractivity contribution in [3.05, 3.63) is 60.7 Å². The molecule has 0 radical (unpaired) electrons. The molecule has 0 heterocycles. The van der Waals surface area contributed by atoms with Gasteiger partial charge in [0.15, 0.2) is 0 Å². The molecule has 120 valence electrons. The smallest absolute Gasteiger partial charge is 0.332 e. The number of rotatable bonds is 3. The van der Waals surface area contributed by atoms with Crippen LogP contribution in [0.15, 0.2) is 60.7 Å². The van der Waals surface area contributed by atoms with Gasteiger partial charge < -0.3 is 9.53 Å². The van der Waals surface area contributed by atoms with Gasteiger partial charge in [0.1, 0.15) is 6.10 Å². The van der Waals surface area contributed by atoms with Crippen molar-refractivity contribution >= 4 is 18.7 Å². The van der Waals surface area contributed by atoms with E-state index in [-0.39, 0.29) is 5.04 Å². The van der Waals surface area contributed by atoms with Gasteiger partial charge in [-0.05, 0) is 23.2 Å². The lowest BCUT2D eigenvalue weighted by atomic mass is 10.2. The van der Waals surface area contributed by atoms with Gasteiger partial charge >= 0.3 is 8.32 Å². The van der Waals surface area contributed by atoms with E-state index < -0.39 is 14.4 Å². The van der Waals surface area contributed by atoms with Gasteiger partial charge in [-0.2, -0.15) is 0 Å². The topological polar surface area (TPSA) is 29.5 Å². The largest absolute Gasteiger partial charge is 0.489 e. The molecule has 0 aromatic heterocycles. The summed E-state index contributed by atoms with van der Waals surface area (Å²) in [5.74, 6) is 2.73. The van der Waals surface area contributed by atoms with Crippen LogP contribution in [0.25, 0.3) is 0 Å². The Kier molecular flexibility index (Phi) is 5.30. The molecular weight excluding hydrogens is 300 g/mol. The zero-order chi connectivity index (χ0) is 16.9. The van der Waals surface area contributed by atoms with E-state index in [9.17, 15) is 5.11 Å². The monoisotopic (exact) mass is 324 g/mol. The van der Waals surface area contributed by atoms with Crippen molar-refractivity contribution < 1.29 is 9.53 Å². The molecule has 1 atom stereocenters. The van der Waals surface area contributed by atoms with Crippen molar-refractivity contribution in [2.24, 2.45) is 0 Å². The molecule has 2 nitrogen and oxygen atoms in total. The zero-order valence-electron chi connectivity index (χ0n) is 14.2. The summed E-state index contributed by atoms with van der Waals surface area (Å²) < 4.78 is 6.29. The van der Waals surface area contributed by atoms with Crippen molar-refractivity contribution in [2.45, 2.75) is 38.8 Å². The van der Waals surface area contributed by atoms with Crippen molar-refractivity contribution in [3.63, 3.8) is 0 Å². The van der Waals surface area contributed by atoms with E-state index in [0.717, 1.165) is 0 Å². The minimum absolute atomic E-state index is 0.108. The molecule has 0 amide bonds. The summed E-state index contributed by atoms with van der Waals surface area (Å²) in [5.41, 5.74) is 0. The summed E-state index contributed by atoms with van der Waals surface area (Å²) in [6, 6.07) is 20.7. The summed E-state index contributed by atoms with van der Waals surface area (Å²) in [5, 5.41) is 11.7. The highest BCUT2D eigenvalue weighted by atomic mass is 28.4. The van der Waals surface area contributed by atoms with Gasteiger partial charge in [-0.15, -0.1) is 0 Å². The second-order valence-electron chi connectivity index (χ2n) is 6.69. The Morgan fingerprint density at radius 1 is 0.913 bits per heavy atom. The van der Waals surface area contributed by atoms with Crippen LogP contribution in [0.2, 0.25) is 5.04 Å². The third-order valence-corrected chi connectivity index (χ3v) is 8.70. The Morgan fingerprint density at radius 3 is 1.70 bits per heavy atom. The Morgan fingerprint density at radius 2 is 1.35 bits per heavy atom. The first kappa shape index (κ1) is 17.3. The third kappa shape index (κ3) is 3.66. The minimum atomic E-state index is -2.60. The molecule has 0 aliphatic rings. The molecule has 2 aromatic carbocycles. The van der Waals surface area contributed by atoms with Gasteiger partial charge in [0.25, 0.3) is 0 Å². The highest BCUT2D eigenvalue weighted by Crippen LogP contribution is 2.36. The number of hydrogen-bond donors (Lipinski definition) is 1. The maximum Gasteiger partial charge on any atom is 0.332 e. The van der Waals surface area contributed by atoms with Gasteiger partial charge in [0.2, 0.25) is 0 Å². The minimum Gasteiger partial charge on any atom is -0.489 e. The lowest BCUT2D eigenvalue weighted by molar-refractivity contribution is 0.252. The van der Waals surface area contributed by atoms with Crippen LogP contribution in [0.3, 0.4) is 0 Å². The van der Waals surface area contributed by atoms with Crippen molar-refractivity contribution in [3.8, 4) is 12.0 Å². The molecule has 0 saturated carbocycles. The van der Waals surface area contributed by atoms with Crippen molar-refractivity contribution in [1.82, 2.24) is 0 Å². The molecule has 0 saturated heterocycles. The van der Waals surface area contributed by atoms with Gasteiger partial charge in [0, 0.05) is 5.04 Å². The fourth-order valence-corrected chi connectivity index (χ4v) is 6.98. The first-order valence-electron chi connectivity index (χ1n) is 7.85. The van der Waals surface area contributed by atoms with Crippen molar-refractivity contribution in [1.29, 1.82) is 0 Å². The molecule has 2 aromatic rings. The van der Waals surface area contributed by atoms with E-state index in [1.165, 1.54) is 10.4 Å². The third-order valence-electron chi connectivity index (χ3n) is 3.89. The van der Waals surface area contributed by atoms with Crippen LogP contribution >= 0.6 is 0 Å². The predicted octanol–water partition coefficient (Wildman–Crippen LogP) is 2.90. The maximum absolute atomic E-state index is 9.45. The van der Waals surface area contributed by atoms with Crippen LogP contribution in [0.1, 0.15) is 27.7 Å². The van der Waals surface area contributed by atoms with Crippen LogP contribution in [-0.4, -0.2) is 19.5 Å². The van der Waals surface area contributed by atoms with Crippen LogP contribution in [0.4, 0.5) is 0 Å². The summed E-state index contributed by atoms with van der Waals surface area (Å²) in [6.45, 7) is 8.23. The fraction of sp³-hybridized carbons (Fsp3) is 0.300. The summed E-state index contributed by atoms with van der Waals surface area (Å²) >= 11 is 0. The van der Waals surface area contributed by atoms with E-state index in [1.54, 1.807) is 6.92 Å². The molecule has 0 aliphatic carbocycles. The first-order valence-corrected chi connectivity index (χ1v) is 9.76. The molecule has 0 unspecified atom stereocenters. The average Bonchev–Trinajstić information content (AvgIpc) is 2.52. The molecule has 0 fully saturated rings. The van der Waals surface area contributed by atoms with Crippen molar-refractivity contribution in [2.75, 3.05) is 0 Å². The van der Waals surface area contributed by atoms with E-state index in [1.807, 2.05) is 36.4 Å². The molecular formula is C20H24O2Si. The molecule has 0 aliphatic heterocycles. The zero-order valence-corrected chi connectivity index (χ0v) is 15.2. The Hall–Kier alpha value is -2.02. The van der Waals surface area contributed by atoms with Gasteiger partial charge in [0.05, 0.1) is 6.11 Å². The Balaban J connectivity index is 2.68. The second kappa shape index (κ2) is 7.04. The highest BCUT2D eigenvalue weighted by molar-refractivity contribution is 6.99. The summed E-state index contributed by atoms with van der Waals surface area (Å²) in [4.78, 5) is 0. The van der Waals surface area contributed by atoms with Crippen LogP contribution in [-0.2, 0) is 4.43 Å². The second-order valence-corrected chi connectivity index (χ2v) is 10.9. The Bertz CT molecular complexity index is 637. The van der Waals surface area contributed by atoms with Gasteiger partial charge in [-0.3, -0.25) is 0 Å². The normalized spacial score (nSPS) is 12.9. The van der Waals surface area contributed by atoms with E-state index in [0.29, 0.717) is 0 Å². The number of benzene rings is 2. The molecule has 2 rings (SSSR count). The number of aliphatic hydroxyl groups excluding tert-OH is 1. The molecule has 1 N–H and O–H groups in total. The van der Waals surface area contributed by atoms with Crippen LogP contribution < -0.4 is 10.4 Å².